The number of carbonyl (C=O) groups is 9. The number of ether oxygens (including phenoxy) is 17. The maximum atomic E-state index is 16.1. The number of rotatable bonds is 36. The predicted molar refractivity (Wildman–Crippen MR) is 477 cm³/mol. The second-order valence-corrected chi connectivity index (χ2v) is 31.4. The van der Waals surface area contributed by atoms with Crippen molar-refractivity contribution in [2.45, 2.75) is 105 Å². The first-order valence-corrected chi connectivity index (χ1v) is 43.8. The van der Waals surface area contributed by atoms with E-state index < -0.39 is 180 Å². The number of carbonyl (C=O) groups excluding carboxylic acids is 9. The van der Waals surface area contributed by atoms with E-state index >= 15 is 33.6 Å². The minimum atomic E-state index is -3.28. The Morgan fingerprint density at radius 3 is 0.828 bits per heavy atom. The van der Waals surface area contributed by atoms with Gasteiger partial charge in [-0.2, -0.15) is 0 Å². The van der Waals surface area contributed by atoms with E-state index in [-0.39, 0.29) is 56.7 Å². The van der Waals surface area contributed by atoms with Crippen LogP contribution in [0.3, 0.4) is 0 Å². The summed E-state index contributed by atoms with van der Waals surface area (Å²) < 4.78 is 141. The van der Waals surface area contributed by atoms with Gasteiger partial charge >= 0.3 is 62.0 Å². The molecule has 0 N–H and O–H groups in total. The minimum absolute atomic E-state index is 0.0139. The van der Waals surface area contributed by atoms with Gasteiger partial charge in [0.05, 0.1) is 70.9 Å². The van der Waals surface area contributed by atoms with Gasteiger partial charge in [-0.25, -0.2) is 43.2 Å². The third-order valence-corrected chi connectivity index (χ3v) is 22.8. The summed E-state index contributed by atoms with van der Waals surface area (Å²) in [6.45, 7) is -1.42. The summed E-state index contributed by atoms with van der Waals surface area (Å²) in [6, 6.07) is 90.8. The molecule has 0 saturated carbocycles. The lowest BCUT2D eigenvalue weighted by Gasteiger charge is -2.50. The van der Waals surface area contributed by atoms with Gasteiger partial charge in [-0.1, -0.05) is 223 Å². The first-order valence-electron chi connectivity index (χ1n) is 42.7. The first-order chi connectivity index (χ1) is 65.4. The number of hydrogen-bond acceptors (Lipinski definition) is 29. The Labute approximate surface area is 770 Å². The molecule has 3 aliphatic heterocycles. The third-order valence-electron chi connectivity index (χ3n) is 22.0. The van der Waals surface area contributed by atoms with E-state index in [1.165, 1.54) is 191 Å². The molecule has 0 aromatic heterocycles. The quantitative estimate of drug-likeness (QED) is 0.0152. The van der Waals surface area contributed by atoms with Crippen LogP contribution in [0.2, 0.25) is 0 Å². The summed E-state index contributed by atoms with van der Waals surface area (Å²) in [4.78, 5) is 138. The standard InChI is InChI=1S/C104H90O29P/c1-4-120-134(114)133-103-91(130-100(113)74-51-31-13-32-52-74)87(127-97(110)71-45-25-10-26-46-71)85(81(123-103)64-118-93(106)67-37-17-6-18-38-67)131-101-90(129-99(112)73-49-29-12-30-50-73)88(84(125-95(108)69-41-21-8-22-42-69)82(122-101)65-119-104(75-53-33-14-34-54-75,76-55-59-78(115-2)60-56-76)77-57-61-79(116-3)62-58-77)132-102-89(128-98(111)72-47-27-11-28-48-72)86(126-96(109)70-43-23-9-24-44-70)83(124-94(107)68-39-19-7-20-40-68)80(121-102)63-117-92(105)66-35-15-5-16-36-66/h5-62,80-91,101-103H,4,63-65H2,1-3H3/q+1/t80-,81-,82-,83+,84+,85-,86+,87+,88+,89-,90-,91+,101+,102+,103-/m1/s1. The average molecular weight is 1830 g/mol. The molecule has 3 saturated heterocycles. The highest BCUT2D eigenvalue weighted by Gasteiger charge is 2.62. The Balaban J connectivity index is 0.994. The Hall–Kier alpha value is -14.8. The molecule has 0 bridgehead atoms. The number of esters is 9. The zero-order valence-corrected chi connectivity index (χ0v) is 73.2. The van der Waals surface area contributed by atoms with Crippen molar-refractivity contribution in [3.8, 4) is 11.5 Å². The van der Waals surface area contributed by atoms with Crippen LogP contribution >= 0.6 is 8.25 Å². The van der Waals surface area contributed by atoms with Gasteiger partial charge in [0.1, 0.15) is 67.4 Å². The molecular formula is C104H90O29P+. The molecule has 1 unspecified atom stereocenters. The highest BCUT2D eigenvalue weighted by Crippen LogP contribution is 2.46. The lowest BCUT2D eigenvalue weighted by Crippen LogP contribution is -2.69. The van der Waals surface area contributed by atoms with Crippen molar-refractivity contribution in [2.75, 3.05) is 40.6 Å². The maximum absolute atomic E-state index is 16.1. The summed E-state index contributed by atoms with van der Waals surface area (Å²) in [5.41, 5.74) is -1.22. The van der Waals surface area contributed by atoms with Crippen LogP contribution in [0.25, 0.3) is 0 Å². The fourth-order valence-corrected chi connectivity index (χ4v) is 16.0. The van der Waals surface area contributed by atoms with Crippen LogP contribution in [-0.2, 0) is 90.3 Å². The molecule has 134 heavy (non-hydrogen) atoms. The predicted octanol–water partition coefficient (Wildman–Crippen LogP) is 16.0. The Morgan fingerprint density at radius 2 is 0.507 bits per heavy atom. The third kappa shape index (κ3) is 23.0. The van der Waals surface area contributed by atoms with Crippen LogP contribution in [0.4, 0.5) is 0 Å². The van der Waals surface area contributed by atoms with Crippen molar-refractivity contribution < 1.29 is 137 Å². The van der Waals surface area contributed by atoms with Crippen molar-refractivity contribution >= 4 is 62.0 Å². The zero-order valence-electron chi connectivity index (χ0n) is 72.3. The average Bonchev–Trinajstić information content (AvgIpc) is 0.747. The van der Waals surface area contributed by atoms with Crippen molar-refractivity contribution in [3.63, 3.8) is 0 Å². The van der Waals surface area contributed by atoms with E-state index in [1.807, 2.05) is 0 Å². The molecule has 0 radical (unpaired) electrons. The lowest BCUT2D eigenvalue weighted by molar-refractivity contribution is -0.376. The van der Waals surface area contributed by atoms with Crippen LogP contribution in [-0.4, -0.2) is 186 Å². The molecule has 0 aliphatic carbocycles. The van der Waals surface area contributed by atoms with Crippen molar-refractivity contribution in [2.24, 2.45) is 0 Å². The van der Waals surface area contributed by atoms with E-state index in [0.29, 0.717) is 28.2 Å². The summed E-state index contributed by atoms with van der Waals surface area (Å²) in [5.74, 6) is -9.00. The van der Waals surface area contributed by atoms with Crippen molar-refractivity contribution in [1.82, 2.24) is 0 Å². The van der Waals surface area contributed by atoms with E-state index in [9.17, 15) is 14.2 Å². The van der Waals surface area contributed by atoms with Gasteiger partial charge in [0.15, 0.2) is 55.3 Å². The highest BCUT2D eigenvalue weighted by molar-refractivity contribution is 7.33. The monoisotopic (exact) mass is 1830 g/mol. The summed E-state index contributed by atoms with van der Waals surface area (Å²) >= 11 is 0. The van der Waals surface area contributed by atoms with Crippen LogP contribution in [0.1, 0.15) is 117 Å². The summed E-state index contributed by atoms with van der Waals surface area (Å²) in [6.07, 6.45) is -32.8. The molecule has 12 aromatic rings. The molecule has 3 heterocycles. The molecular weight excluding hydrogens is 1740 g/mol. The molecule has 0 amide bonds. The maximum Gasteiger partial charge on any atom is 0.700 e. The minimum Gasteiger partial charge on any atom is -0.497 e. The highest BCUT2D eigenvalue weighted by atomic mass is 31.1. The Bertz CT molecular complexity index is 5880. The SMILES string of the molecule is CCO[P+](=O)O[C@H]1O[C@H](COC(=O)c2ccccc2)[C@@H](O[C@@H]2O[C@H](COC(c3ccccc3)(c3ccc(OC)cc3)c3ccc(OC)cc3)[C@H](OC(=O)c3ccccc3)[C@H](O[C@@H]3O[C@H](COC(=O)c4ccccc4)[C@H](OC(=O)c4ccccc4)[C@H](OC(=O)c4ccccc4)[C@H]3OC(=O)c3ccccc3)[C@H]2OC(=O)c2ccccc2)[C@H](OC(=O)c2ccccc2)[C@@H]1OC(=O)c1ccccc1. The van der Waals surface area contributed by atoms with Gasteiger partial charge in [-0.3, -0.25) is 0 Å². The Kier molecular flexibility index (Phi) is 31.8. The molecule has 684 valence electrons. The van der Waals surface area contributed by atoms with E-state index in [1.54, 1.807) is 182 Å². The number of methoxy groups -OCH3 is 2. The second-order valence-electron chi connectivity index (χ2n) is 30.5. The second kappa shape index (κ2) is 45.4. The molecule has 3 fully saturated rings. The van der Waals surface area contributed by atoms with E-state index in [4.69, 9.17) is 89.6 Å². The fraction of sp³-hybridized carbons (Fsp3) is 0.221. The van der Waals surface area contributed by atoms with Gasteiger partial charge in [-0.05, 0) is 157 Å². The molecule has 0 spiro atoms. The summed E-state index contributed by atoms with van der Waals surface area (Å²) in [7, 11) is -0.298. The van der Waals surface area contributed by atoms with Gasteiger partial charge in [0.25, 0.3) is 6.29 Å². The van der Waals surface area contributed by atoms with Gasteiger partial charge in [-0.15, -0.1) is 4.52 Å². The van der Waals surface area contributed by atoms with E-state index in [2.05, 4.69) is 0 Å². The molecule has 3 aliphatic rings. The van der Waals surface area contributed by atoms with Gasteiger partial charge in [0.2, 0.25) is 0 Å². The number of benzene rings is 12. The lowest BCUT2D eigenvalue weighted by atomic mass is 9.80. The number of hydrogen-bond donors (Lipinski definition) is 0. The smallest absolute Gasteiger partial charge is 0.497 e. The van der Waals surface area contributed by atoms with E-state index in [0.717, 1.165) is 0 Å². The van der Waals surface area contributed by atoms with Gasteiger partial charge < -0.3 is 80.5 Å². The molecule has 29 nitrogen and oxygen atoms in total. The van der Waals surface area contributed by atoms with Crippen molar-refractivity contribution in [1.29, 1.82) is 0 Å². The van der Waals surface area contributed by atoms with Crippen molar-refractivity contribution in [3.05, 3.63) is 419 Å². The normalized spacial score (nSPS) is 21.5. The molecule has 16 atom stereocenters. The van der Waals surface area contributed by atoms with Crippen LogP contribution in [0.5, 0.6) is 11.5 Å². The van der Waals surface area contributed by atoms with Crippen LogP contribution < -0.4 is 9.47 Å². The zero-order chi connectivity index (χ0) is 93.3. The summed E-state index contributed by atoms with van der Waals surface area (Å²) in [5, 5.41) is 0. The fourth-order valence-electron chi connectivity index (χ4n) is 15.4. The largest absolute Gasteiger partial charge is 0.700 e. The topological polar surface area (TPSA) is 346 Å². The van der Waals surface area contributed by atoms with Crippen LogP contribution in [0, 0.1) is 0 Å². The van der Waals surface area contributed by atoms with Gasteiger partial charge in [0, 0.05) is 4.57 Å². The Morgan fingerprint density at radius 1 is 0.269 bits per heavy atom. The van der Waals surface area contributed by atoms with Crippen LogP contribution in [0.15, 0.2) is 352 Å². The molecule has 12 aromatic carbocycles. The molecule has 30 heteroatoms. The first kappa shape index (κ1) is 93.9. The molecule has 15 rings (SSSR count).